The largest absolute Gasteiger partial charge is 0.463 e. The van der Waals surface area contributed by atoms with Crippen LogP contribution in [0.2, 0.25) is 0 Å². The highest BCUT2D eigenvalue weighted by molar-refractivity contribution is 5.92. The fourth-order valence-corrected chi connectivity index (χ4v) is 2.87. The van der Waals surface area contributed by atoms with Crippen LogP contribution in [0.25, 0.3) is 0 Å². The second kappa shape index (κ2) is 9.19. The summed E-state index contributed by atoms with van der Waals surface area (Å²) in [6.45, 7) is 6.04. The lowest BCUT2D eigenvalue weighted by molar-refractivity contribution is -0.139. The normalized spacial score (nSPS) is 16.8. The summed E-state index contributed by atoms with van der Waals surface area (Å²) in [5.41, 5.74) is 6.81. The maximum atomic E-state index is 14.6. The van der Waals surface area contributed by atoms with E-state index in [-0.39, 0.29) is 36.0 Å². The molecule has 6 nitrogen and oxygen atoms in total. The molecule has 0 bridgehead atoms. The van der Waals surface area contributed by atoms with Crippen LogP contribution < -0.4 is 5.73 Å². The molecule has 27 heavy (non-hydrogen) atoms. The van der Waals surface area contributed by atoms with Crippen molar-refractivity contribution in [2.75, 3.05) is 13.2 Å². The molecule has 0 saturated carbocycles. The van der Waals surface area contributed by atoms with E-state index in [4.69, 9.17) is 19.9 Å². The van der Waals surface area contributed by atoms with Gasteiger partial charge in [-0.15, -0.1) is 0 Å². The lowest BCUT2D eigenvalue weighted by Crippen LogP contribution is -2.25. The zero-order valence-corrected chi connectivity index (χ0v) is 15.7. The highest BCUT2D eigenvalue weighted by Crippen LogP contribution is 2.40. The van der Waals surface area contributed by atoms with Crippen molar-refractivity contribution in [2.24, 2.45) is 5.73 Å². The molecule has 7 heteroatoms. The number of carbonyl (C=O) groups is 1. The van der Waals surface area contributed by atoms with Gasteiger partial charge in [0, 0.05) is 12.2 Å². The van der Waals surface area contributed by atoms with Crippen molar-refractivity contribution < 1.29 is 23.4 Å². The van der Waals surface area contributed by atoms with Crippen molar-refractivity contribution >= 4 is 5.97 Å². The van der Waals surface area contributed by atoms with Gasteiger partial charge in [0.25, 0.3) is 0 Å². The summed E-state index contributed by atoms with van der Waals surface area (Å²) in [5.74, 6) is -1.85. The minimum atomic E-state index is -0.858. The number of ether oxygens (including phenoxy) is 3. The van der Waals surface area contributed by atoms with Crippen LogP contribution in [-0.2, 0) is 25.6 Å². The molecule has 0 fully saturated rings. The average Bonchev–Trinajstić information content (AvgIpc) is 2.62. The maximum absolute atomic E-state index is 14.6. The van der Waals surface area contributed by atoms with E-state index in [0.29, 0.717) is 17.7 Å². The number of nitrogens with two attached hydrogens (primary N) is 1. The average molecular weight is 374 g/mol. The first-order chi connectivity index (χ1) is 12.9. The molecule has 1 aromatic carbocycles. The van der Waals surface area contributed by atoms with E-state index in [9.17, 15) is 14.4 Å². The van der Waals surface area contributed by atoms with E-state index in [0.717, 1.165) is 6.42 Å². The molecule has 1 heterocycles. The number of hydrogen-bond donors (Lipinski definition) is 1. The highest BCUT2D eigenvalue weighted by atomic mass is 19.1. The van der Waals surface area contributed by atoms with Crippen LogP contribution in [0.15, 0.2) is 41.0 Å². The van der Waals surface area contributed by atoms with Crippen molar-refractivity contribution in [1.29, 1.82) is 5.26 Å². The fraction of sp³-hybridized carbons (Fsp3) is 0.400. The number of allylic oxidation sites excluding steroid dienone is 2. The van der Waals surface area contributed by atoms with Crippen LogP contribution in [0.1, 0.15) is 44.2 Å². The molecule has 0 radical (unpaired) electrons. The first-order valence-electron chi connectivity index (χ1n) is 8.76. The number of hydrogen-bond acceptors (Lipinski definition) is 6. The molecular weight excluding hydrogens is 351 g/mol. The lowest BCUT2D eigenvalue weighted by atomic mass is 9.82. The van der Waals surface area contributed by atoms with Gasteiger partial charge in [-0.2, -0.15) is 5.26 Å². The van der Waals surface area contributed by atoms with Crippen LogP contribution >= 0.6 is 0 Å². The topological polar surface area (TPSA) is 94.6 Å². The zero-order chi connectivity index (χ0) is 20.0. The molecule has 0 saturated heterocycles. The van der Waals surface area contributed by atoms with Crippen LogP contribution in [0.5, 0.6) is 0 Å². The molecule has 1 aliphatic heterocycles. The van der Waals surface area contributed by atoms with E-state index in [1.165, 1.54) is 6.07 Å². The number of nitrogens with zero attached hydrogens (tertiary/aromatic N) is 1. The van der Waals surface area contributed by atoms with Crippen LogP contribution in [0.4, 0.5) is 4.39 Å². The Bertz CT molecular complexity index is 824. The lowest BCUT2D eigenvalue weighted by Gasteiger charge is -2.27. The maximum Gasteiger partial charge on any atom is 0.338 e. The summed E-state index contributed by atoms with van der Waals surface area (Å²) in [6.07, 6.45) is 0.838. The number of benzene rings is 1. The molecule has 1 atom stereocenters. The van der Waals surface area contributed by atoms with Crippen molar-refractivity contribution in [3.05, 3.63) is 57.9 Å². The number of rotatable bonds is 7. The summed E-state index contributed by atoms with van der Waals surface area (Å²) in [5, 5.41) is 9.52. The Balaban J connectivity index is 2.47. The number of nitriles is 1. The quantitative estimate of drug-likeness (QED) is 0.581. The number of halogens is 1. The third-order valence-electron chi connectivity index (χ3n) is 4.12. The SMILES string of the molecule is CCCOCc1ccc(C2C(C#N)=C(N)OC(C)=C2C(=O)OCC)cc1F. The molecule has 1 unspecified atom stereocenters. The third kappa shape index (κ3) is 4.47. The smallest absolute Gasteiger partial charge is 0.338 e. The second-order valence-electron chi connectivity index (χ2n) is 6.02. The van der Waals surface area contributed by atoms with Gasteiger partial charge in [-0.25, -0.2) is 9.18 Å². The van der Waals surface area contributed by atoms with Crippen LogP contribution in [0.3, 0.4) is 0 Å². The molecule has 0 amide bonds. The zero-order valence-electron chi connectivity index (χ0n) is 15.7. The van der Waals surface area contributed by atoms with Gasteiger partial charge in [-0.1, -0.05) is 19.1 Å². The van der Waals surface area contributed by atoms with Gasteiger partial charge in [0.1, 0.15) is 23.2 Å². The van der Waals surface area contributed by atoms with E-state index >= 15 is 0 Å². The number of carbonyl (C=O) groups excluding carboxylic acids is 1. The predicted octanol–water partition coefficient (Wildman–Crippen LogP) is 3.40. The van der Waals surface area contributed by atoms with Crippen molar-refractivity contribution in [3.63, 3.8) is 0 Å². The molecule has 1 aliphatic rings. The monoisotopic (exact) mass is 374 g/mol. The van der Waals surface area contributed by atoms with E-state index in [1.807, 2.05) is 13.0 Å². The van der Waals surface area contributed by atoms with Gasteiger partial charge < -0.3 is 19.9 Å². The molecule has 1 aromatic rings. The van der Waals surface area contributed by atoms with Gasteiger partial charge in [-0.3, -0.25) is 0 Å². The Hall–Kier alpha value is -2.85. The van der Waals surface area contributed by atoms with Crippen LogP contribution in [0, 0.1) is 17.1 Å². The van der Waals surface area contributed by atoms with Crippen molar-refractivity contribution in [2.45, 2.75) is 39.7 Å². The van der Waals surface area contributed by atoms with E-state index in [2.05, 4.69) is 0 Å². The summed E-state index contributed by atoms with van der Waals surface area (Å²) in [4.78, 5) is 12.4. The molecule has 0 spiro atoms. The molecule has 0 aromatic heterocycles. The first-order valence-corrected chi connectivity index (χ1v) is 8.76. The van der Waals surface area contributed by atoms with Crippen molar-refractivity contribution in [1.82, 2.24) is 0 Å². The van der Waals surface area contributed by atoms with Gasteiger partial charge in [-0.05, 0) is 31.9 Å². The minimum absolute atomic E-state index is 0.0398. The standard InChI is InChI=1S/C20H23FN2O4/c1-4-8-25-11-14-7-6-13(9-16(14)21)18-15(10-22)19(23)27-12(3)17(18)20(24)26-5-2/h6-7,9,18H,4-5,8,11,23H2,1-3H3. The van der Waals surface area contributed by atoms with Gasteiger partial charge in [0.15, 0.2) is 0 Å². The molecule has 2 rings (SSSR count). The van der Waals surface area contributed by atoms with Gasteiger partial charge in [0.05, 0.1) is 24.7 Å². The first kappa shape index (κ1) is 20.5. The molecule has 144 valence electrons. The van der Waals surface area contributed by atoms with E-state index < -0.39 is 17.7 Å². The Morgan fingerprint density at radius 1 is 1.41 bits per heavy atom. The fourth-order valence-electron chi connectivity index (χ4n) is 2.87. The Morgan fingerprint density at radius 2 is 2.15 bits per heavy atom. The minimum Gasteiger partial charge on any atom is -0.463 e. The molecular formula is C20H23FN2O4. The van der Waals surface area contributed by atoms with E-state index in [1.54, 1.807) is 26.0 Å². The molecule has 2 N–H and O–H groups in total. The third-order valence-corrected chi connectivity index (χ3v) is 4.12. The highest BCUT2D eigenvalue weighted by Gasteiger charge is 2.36. The number of esters is 1. The summed E-state index contributed by atoms with van der Waals surface area (Å²) in [7, 11) is 0. The summed E-state index contributed by atoms with van der Waals surface area (Å²) < 4.78 is 30.4. The van der Waals surface area contributed by atoms with Crippen LogP contribution in [-0.4, -0.2) is 19.2 Å². The second-order valence-corrected chi connectivity index (χ2v) is 6.02. The van der Waals surface area contributed by atoms with Crippen molar-refractivity contribution in [3.8, 4) is 6.07 Å². The Kier molecular flexibility index (Phi) is 6.97. The predicted molar refractivity (Wildman–Crippen MR) is 96.3 cm³/mol. The molecule has 0 aliphatic carbocycles. The Labute approximate surface area is 158 Å². The van der Waals surface area contributed by atoms with Gasteiger partial charge >= 0.3 is 5.97 Å². The Morgan fingerprint density at radius 3 is 2.74 bits per heavy atom. The van der Waals surface area contributed by atoms with Gasteiger partial charge in [0.2, 0.25) is 5.88 Å². The summed E-state index contributed by atoms with van der Waals surface area (Å²) in [6, 6.07) is 6.49. The summed E-state index contributed by atoms with van der Waals surface area (Å²) >= 11 is 0.